The van der Waals surface area contributed by atoms with Crippen LogP contribution in [0.3, 0.4) is 0 Å². The number of benzene rings is 1. The highest BCUT2D eigenvalue weighted by molar-refractivity contribution is 9.10. The van der Waals surface area contributed by atoms with E-state index in [1.165, 1.54) is 11.6 Å². The summed E-state index contributed by atoms with van der Waals surface area (Å²) < 4.78 is 10.8. The molecule has 0 radical (unpaired) electrons. The quantitative estimate of drug-likeness (QED) is 0.503. The molecule has 0 atom stereocenters. The van der Waals surface area contributed by atoms with E-state index in [1.54, 1.807) is 7.05 Å². The highest BCUT2D eigenvalue weighted by Gasteiger charge is 2.19. The first-order valence-electron chi connectivity index (χ1n) is 10.4. The number of nitrogens with one attached hydrogen (secondary N) is 1. The highest BCUT2D eigenvalue weighted by atomic mass is 79.9. The van der Waals surface area contributed by atoms with Crippen LogP contribution in [0, 0.1) is 0 Å². The van der Waals surface area contributed by atoms with Crippen LogP contribution in [0.25, 0.3) is 11.2 Å². The minimum absolute atomic E-state index is 0.343. The molecule has 9 nitrogen and oxygen atoms in total. The zero-order chi connectivity index (χ0) is 22.0. The van der Waals surface area contributed by atoms with E-state index in [2.05, 4.69) is 31.1 Å². The van der Waals surface area contributed by atoms with Crippen LogP contribution in [0.5, 0.6) is 0 Å². The van der Waals surface area contributed by atoms with E-state index in [9.17, 15) is 9.59 Å². The third-order valence-electron chi connectivity index (χ3n) is 5.64. The lowest BCUT2D eigenvalue weighted by Gasteiger charge is -2.26. The number of aryl methyl sites for hydroxylation is 1. The third kappa shape index (κ3) is 4.60. The lowest BCUT2D eigenvalue weighted by Crippen LogP contribution is -2.37. The molecule has 0 aliphatic carbocycles. The van der Waals surface area contributed by atoms with Crippen LogP contribution in [-0.2, 0) is 25.4 Å². The van der Waals surface area contributed by atoms with Crippen molar-refractivity contribution >= 4 is 33.0 Å². The molecule has 1 fully saturated rings. The molecular formula is C21H27BrN6O3. The summed E-state index contributed by atoms with van der Waals surface area (Å²) >= 11 is 3.46. The number of rotatable bonds is 7. The fraction of sp³-hybridized carbons (Fsp3) is 0.476. The van der Waals surface area contributed by atoms with E-state index >= 15 is 0 Å². The van der Waals surface area contributed by atoms with Crippen molar-refractivity contribution < 1.29 is 4.74 Å². The summed E-state index contributed by atoms with van der Waals surface area (Å²) in [5.41, 5.74) is 1.12. The first-order valence-corrected chi connectivity index (χ1v) is 11.2. The molecule has 0 amide bonds. The Kier molecular flexibility index (Phi) is 6.59. The van der Waals surface area contributed by atoms with Crippen LogP contribution >= 0.6 is 15.9 Å². The summed E-state index contributed by atoms with van der Waals surface area (Å²) in [4.78, 5) is 32.4. The first kappa shape index (κ1) is 21.8. The second-order valence-electron chi connectivity index (χ2n) is 7.76. The summed E-state index contributed by atoms with van der Waals surface area (Å²) in [6.45, 7) is 5.66. The normalized spacial score (nSPS) is 14.9. The molecule has 166 valence electrons. The molecule has 2 aromatic heterocycles. The zero-order valence-corrected chi connectivity index (χ0v) is 19.4. The number of hydrogen-bond acceptors (Lipinski definition) is 6. The number of ether oxygens (including phenoxy) is 1. The lowest BCUT2D eigenvalue weighted by molar-refractivity contribution is 0.0378. The summed E-state index contributed by atoms with van der Waals surface area (Å²) in [7, 11) is 3.14. The molecule has 1 N–H and O–H groups in total. The van der Waals surface area contributed by atoms with Gasteiger partial charge < -0.3 is 10.1 Å². The summed E-state index contributed by atoms with van der Waals surface area (Å²) in [6, 6.07) is 7.95. The molecule has 3 heterocycles. The van der Waals surface area contributed by atoms with Gasteiger partial charge in [0.2, 0.25) is 5.95 Å². The van der Waals surface area contributed by atoms with Gasteiger partial charge in [-0.15, -0.1) is 0 Å². The third-order valence-corrected chi connectivity index (χ3v) is 6.17. The van der Waals surface area contributed by atoms with Crippen molar-refractivity contribution in [1.29, 1.82) is 0 Å². The van der Waals surface area contributed by atoms with Crippen molar-refractivity contribution in [3.63, 3.8) is 0 Å². The van der Waals surface area contributed by atoms with Crippen molar-refractivity contribution in [2.24, 2.45) is 14.1 Å². The molecule has 3 aromatic rings. The van der Waals surface area contributed by atoms with Gasteiger partial charge in [0.05, 0.1) is 19.8 Å². The molecule has 1 aromatic carbocycles. The van der Waals surface area contributed by atoms with Crippen molar-refractivity contribution in [2.45, 2.75) is 13.0 Å². The molecule has 31 heavy (non-hydrogen) atoms. The maximum Gasteiger partial charge on any atom is 0.332 e. The molecule has 10 heteroatoms. The van der Waals surface area contributed by atoms with Crippen molar-refractivity contribution in [1.82, 2.24) is 23.6 Å². The average Bonchev–Trinajstić information content (AvgIpc) is 3.14. The van der Waals surface area contributed by atoms with Gasteiger partial charge in [-0.25, -0.2) is 4.79 Å². The average molecular weight is 491 g/mol. The highest BCUT2D eigenvalue weighted by Crippen LogP contribution is 2.19. The van der Waals surface area contributed by atoms with Crippen LogP contribution < -0.4 is 16.6 Å². The van der Waals surface area contributed by atoms with Crippen LogP contribution in [-0.4, -0.2) is 63.0 Å². The maximum atomic E-state index is 13.0. The monoisotopic (exact) mass is 490 g/mol. The molecule has 0 spiro atoms. The van der Waals surface area contributed by atoms with Gasteiger partial charge in [-0.1, -0.05) is 28.1 Å². The van der Waals surface area contributed by atoms with Gasteiger partial charge in [0.15, 0.2) is 11.2 Å². The van der Waals surface area contributed by atoms with E-state index < -0.39 is 0 Å². The Bertz CT molecular complexity index is 1180. The molecule has 0 bridgehead atoms. The summed E-state index contributed by atoms with van der Waals surface area (Å²) in [5.74, 6) is 0.596. The number of fused-ring (bicyclic) bond motifs is 1. The molecule has 0 unspecified atom stereocenters. The Morgan fingerprint density at radius 1 is 1.10 bits per heavy atom. The smallest absolute Gasteiger partial charge is 0.332 e. The van der Waals surface area contributed by atoms with E-state index in [0.717, 1.165) is 60.4 Å². The maximum absolute atomic E-state index is 13.0. The Labute approximate surface area is 188 Å². The topological polar surface area (TPSA) is 86.3 Å². The Hall–Kier alpha value is -2.43. The van der Waals surface area contributed by atoms with Crippen molar-refractivity contribution in [3.8, 4) is 0 Å². The Morgan fingerprint density at radius 2 is 1.81 bits per heavy atom. The Morgan fingerprint density at radius 3 is 2.52 bits per heavy atom. The predicted molar refractivity (Wildman–Crippen MR) is 124 cm³/mol. The minimum Gasteiger partial charge on any atom is -0.379 e. The summed E-state index contributed by atoms with van der Waals surface area (Å²) in [5, 5.41) is 3.39. The van der Waals surface area contributed by atoms with Gasteiger partial charge in [-0.3, -0.25) is 23.4 Å². The van der Waals surface area contributed by atoms with Gasteiger partial charge in [-0.05, 0) is 30.7 Å². The van der Waals surface area contributed by atoms with Crippen molar-refractivity contribution in [3.05, 3.63) is 55.1 Å². The predicted octanol–water partition coefficient (Wildman–Crippen LogP) is 1.38. The number of anilines is 1. The molecule has 1 aliphatic rings. The van der Waals surface area contributed by atoms with E-state index in [1.807, 2.05) is 28.8 Å². The molecule has 1 saturated heterocycles. The number of nitrogens with zero attached hydrogens (tertiary/aromatic N) is 5. The fourth-order valence-electron chi connectivity index (χ4n) is 3.84. The molecule has 4 rings (SSSR count). The zero-order valence-electron chi connectivity index (χ0n) is 17.8. The molecule has 1 aliphatic heterocycles. The lowest BCUT2D eigenvalue weighted by atomic mass is 10.2. The Balaban J connectivity index is 1.63. The SMILES string of the molecule is Cn1c(=O)c2c(nc(NCCCN3CCOCC3)n2Cc2ccc(Br)cc2)n(C)c1=O. The number of morpholine rings is 1. The second kappa shape index (κ2) is 9.37. The van der Waals surface area contributed by atoms with Gasteiger partial charge in [0.1, 0.15) is 0 Å². The van der Waals surface area contributed by atoms with E-state index in [4.69, 9.17) is 4.74 Å². The number of aromatic nitrogens is 4. The van der Waals surface area contributed by atoms with E-state index in [-0.39, 0.29) is 11.2 Å². The van der Waals surface area contributed by atoms with Gasteiger partial charge in [0.25, 0.3) is 5.56 Å². The standard InChI is InChI=1S/C21H27BrN6O3/c1-25-18-17(19(29)26(2)21(25)30)28(14-15-4-6-16(22)7-5-15)20(24-18)23-8-3-9-27-10-12-31-13-11-27/h4-7H,3,8-14H2,1-2H3,(H,23,24). The largest absolute Gasteiger partial charge is 0.379 e. The van der Waals surface area contributed by atoms with Crippen LogP contribution in [0.15, 0.2) is 38.3 Å². The van der Waals surface area contributed by atoms with Crippen LogP contribution in [0.4, 0.5) is 5.95 Å². The van der Waals surface area contributed by atoms with Crippen LogP contribution in [0.2, 0.25) is 0 Å². The van der Waals surface area contributed by atoms with Gasteiger partial charge in [-0.2, -0.15) is 4.98 Å². The van der Waals surface area contributed by atoms with Gasteiger partial charge in [0, 0.05) is 38.2 Å². The first-order chi connectivity index (χ1) is 15.0. The van der Waals surface area contributed by atoms with E-state index in [0.29, 0.717) is 23.7 Å². The van der Waals surface area contributed by atoms with Crippen LogP contribution in [0.1, 0.15) is 12.0 Å². The molecular weight excluding hydrogens is 464 g/mol. The molecule has 0 saturated carbocycles. The second-order valence-corrected chi connectivity index (χ2v) is 8.68. The number of imidazole rings is 1. The number of hydrogen-bond donors (Lipinski definition) is 1. The number of halogens is 1. The van der Waals surface area contributed by atoms with Gasteiger partial charge >= 0.3 is 5.69 Å². The fourth-order valence-corrected chi connectivity index (χ4v) is 4.10. The summed E-state index contributed by atoms with van der Waals surface area (Å²) in [6.07, 6.45) is 0.943. The minimum atomic E-state index is -0.385. The van der Waals surface area contributed by atoms with Crippen molar-refractivity contribution in [2.75, 3.05) is 44.7 Å².